The maximum atomic E-state index is 12.1. The van der Waals surface area contributed by atoms with Crippen molar-refractivity contribution in [3.63, 3.8) is 0 Å². The van der Waals surface area contributed by atoms with E-state index in [-0.39, 0.29) is 11.9 Å². The van der Waals surface area contributed by atoms with Crippen molar-refractivity contribution in [2.45, 2.75) is 18.9 Å². The number of aromatic nitrogens is 2. The molecule has 21 heavy (non-hydrogen) atoms. The summed E-state index contributed by atoms with van der Waals surface area (Å²) in [6.07, 6.45) is 2.75. The number of urea groups is 1. The summed E-state index contributed by atoms with van der Waals surface area (Å²) in [4.78, 5) is 14.9. The molecule has 0 aromatic carbocycles. The molecule has 3 rings (SSSR count). The Morgan fingerprint density at radius 3 is 2.90 bits per heavy atom. The topological polar surface area (TPSA) is 78.4 Å². The van der Waals surface area contributed by atoms with E-state index in [0.29, 0.717) is 18.1 Å². The van der Waals surface area contributed by atoms with E-state index in [1.807, 2.05) is 17.5 Å². The Morgan fingerprint density at radius 2 is 2.29 bits per heavy atom. The third-order valence-corrected chi connectivity index (χ3v) is 5.22. The van der Waals surface area contributed by atoms with E-state index in [4.69, 9.17) is 0 Å². The second-order valence-corrected chi connectivity index (χ2v) is 6.76. The number of nitrogens with one attached hydrogen (secondary N) is 1. The molecule has 8 heteroatoms. The number of carbonyl (C=O) groups is 1. The van der Waals surface area contributed by atoms with Crippen LogP contribution in [0.15, 0.2) is 23.7 Å². The molecule has 112 valence electrons. The van der Waals surface area contributed by atoms with Gasteiger partial charge in [0.25, 0.3) is 0 Å². The predicted octanol–water partition coefficient (Wildman–Crippen LogP) is 2.58. The number of rotatable bonds is 3. The molecule has 1 saturated heterocycles. The fraction of sp³-hybridized carbons (Fsp3) is 0.462. The summed E-state index contributed by atoms with van der Waals surface area (Å²) in [5, 5.41) is 19.4. The largest absolute Gasteiger partial charge is 0.387 e. The first-order valence-electron chi connectivity index (χ1n) is 6.79. The van der Waals surface area contributed by atoms with E-state index >= 15 is 0 Å². The number of thiophene rings is 1. The predicted molar refractivity (Wildman–Crippen MR) is 82.5 cm³/mol. The van der Waals surface area contributed by atoms with Crippen LogP contribution in [0.3, 0.4) is 0 Å². The van der Waals surface area contributed by atoms with Crippen molar-refractivity contribution >= 4 is 33.9 Å². The molecular formula is C13H16N4O2S2. The summed E-state index contributed by atoms with van der Waals surface area (Å²) in [5.74, 6) is 0.220. The molecule has 1 aliphatic heterocycles. The third-order valence-electron chi connectivity index (χ3n) is 3.70. The van der Waals surface area contributed by atoms with Crippen LogP contribution in [0.5, 0.6) is 0 Å². The first kappa shape index (κ1) is 14.4. The van der Waals surface area contributed by atoms with E-state index in [1.54, 1.807) is 16.2 Å². The average Bonchev–Trinajstić information content (AvgIpc) is 3.20. The zero-order chi connectivity index (χ0) is 14.7. The van der Waals surface area contributed by atoms with Crippen LogP contribution in [-0.2, 0) is 0 Å². The summed E-state index contributed by atoms with van der Waals surface area (Å²) in [5.41, 5.74) is 0. The molecule has 2 N–H and O–H groups in total. The molecule has 0 unspecified atom stereocenters. The average molecular weight is 324 g/mol. The van der Waals surface area contributed by atoms with Gasteiger partial charge in [-0.3, -0.25) is 5.32 Å². The minimum absolute atomic E-state index is 0.120. The monoisotopic (exact) mass is 324 g/mol. The molecule has 6 nitrogen and oxygen atoms in total. The van der Waals surface area contributed by atoms with Crippen LogP contribution >= 0.6 is 22.9 Å². The van der Waals surface area contributed by atoms with Gasteiger partial charge < -0.3 is 10.0 Å². The lowest BCUT2D eigenvalue weighted by Crippen LogP contribution is -2.41. The van der Waals surface area contributed by atoms with Gasteiger partial charge in [-0.25, -0.2) is 4.79 Å². The van der Waals surface area contributed by atoms with Gasteiger partial charge in [-0.15, -0.1) is 16.4 Å². The lowest BCUT2D eigenvalue weighted by atomic mass is 9.90. The first-order chi connectivity index (χ1) is 10.2. The number of anilines is 1. The molecular weight excluding hydrogens is 308 g/mol. The molecule has 0 radical (unpaired) electrons. The summed E-state index contributed by atoms with van der Waals surface area (Å²) in [6.45, 7) is 1.32. The van der Waals surface area contributed by atoms with Crippen LogP contribution in [0.4, 0.5) is 9.80 Å². The van der Waals surface area contributed by atoms with Crippen molar-refractivity contribution in [1.82, 2.24) is 14.5 Å². The molecule has 1 aliphatic rings. The minimum atomic E-state index is -0.416. The molecule has 1 fully saturated rings. The van der Waals surface area contributed by atoms with Crippen LogP contribution in [0.1, 0.15) is 23.8 Å². The standard InChI is InChI=1S/C13H16N4O2S2/c18-12(10-2-1-7-20-10)9-3-5-17(6-4-9)13(19)15-11-8-14-16-21-11/h1-2,7-9,12,18H,3-6H2,(H,15,19)/t12-/m0/s1. The van der Waals surface area contributed by atoms with Gasteiger partial charge in [0.15, 0.2) is 0 Å². The van der Waals surface area contributed by atoms with Crippen LogP contribution in [0.25, 0.3) is 0 Å². The number of carbonyl (C=O) groups excluding carboxylic acids is 1. The molecule has 0 saturated carbocycles. The smallest absolute Gasteiger partial charge is 0.322 e. The van der Waals surface area contributed by atoms with Crippen LogP contribution in [0.2, 0.25) is 0 Å². The lowest BCUT2D eigenvalue weighted by Gasteiger charge is -2.33. The SMILES string of the molecule is O=C(Nc1cnns1)N1CCC([C@H](O)c2cccs2)CC1. The van der Waals surface area contributed by atoms with Crippen molar-refractivity contribution < 1.29 is 9.90 Å². The van der Waals surface area contributed by atoms with Gasteiger partial charge in [0, 0.05) is 29.5 Å². The summed E-state index contributed by atoms with van der Waals surface area (Å²) in [7, 11) is 0. The maximum absolute atomic E-state index is 12.1. The second kappa shape index (κ2) is 6.50. The molecule has 0 bridgehead atoms. The number of hydrogen-bond donors (Lipinski definition) is 2. The number of aliphatic hydroxyl groups is 1. The van der Waals surface area contributed by atoms with Crippen molar-refractivity contribution in [3.8, 4) is 0 Å². The Labute approximate surface area is 130 Å². The minimum Gasteiger partial charge on any atom is -0.387 e. The van der Waals surface area contributed by atoms with Gasteiger partial charge >= 0.3 is 6.03 Å². The van der Waals surface area contributed by atoms with Crippen LogP contribution < -0.4 is 5.32 Å². The number of piperidine rings is 1. The van der Waals surface area contributed by atoms with Crippen molar-refractivity contribution in [3.05, 3.63) is 28.6 Å². The Bertz CT molecular complexity index is 565. The quantitative estimate of drug-likeness (QED) is 0.909. The highest BCUT2D eigenvalue weighted by atomic mass is 32.1. The van der Waals surface area contributed by atoms with E-state index in [0.717, 1.165) is 29.3 Å². The third kappa shape index (κ3) is 3.39. The van der Waals surface area contributed by atoms with Gasteiger partial charge in [-0.05, 0) is 30.2 Å². The zero-order valence-corrected chi connectivity index (χ0v) is 12.9. The Hall–Kier alpha value is -1.51. The highest BCUT2D eigenvalue weighted by molar-refractivity contribution is 7.10. The fourth-order valence-electron chi connectivity index (χ4n) is 2.52. The first-order valence-corrected chi connectivity index (χ1v) is 8.44. The number of nitrogens with zero attached hydrogens (tertiary/aromatic N) is 3. The molecule has 0 aliphatic carbocycles. The second-order valence-electron chi connectivity index (χ2n) is 5.00. The lowest BCUT2D eigenvalue weighted by molar-refractivity contribution is 0.0708. The van der Waals surface area contributed by atoms with Gasteiger partial charge in [0.05, 0.1) is 12.3 Å². The summed E-state index contributed by atoms with van der Waals surface area (Å²) in [6, 6.07) is 3.80. The van der Waals surface area contributed by atoms with Crippen molar-refractivity contribution in [2.75, 3.05) is 18.4 Å². The fourth-order valence-corrected chi connectivity index (χ4v) is 3.73. The molecule has 1 atom stereocenters. The zero-order valence-electron chi connectivity index (χ0n) is 11.3. The van der Waals surface area contributed by atoms with Gasteiger partial charge in [0.2, 0.25) is 0 Å². The van der Waals surface area contributed by atoms with Gasteiger partial charge in [0.1, 0.15) is 5.00 Å². The number of aliphatic hydroxyl groups excluding tert-OH is 1. The Morgan fingerprint density at radius 1 is 1.48 bits per heavy atom. The van der Waals surface area contributed by atoms with Crippen LogP contribution in [-0.4, -0.2) is 38.7 Å². The number of amides is 2. The van der Waals surface area contributed by atoms with E-state index < -0.39 is 6.10 Å². The maximum Gasteiger partial charge on any atom is 0.322 e. The molecule has 2 aromatic rings. The number of hydrogen-bond acceptors (Lipinski definition) is 6. The van der Waals surface area contributed by atoms with E-state index in [1.165, 1.54) is 6.20 Å². The summed E-state index contributed by atoms with van der Waals surface area (Å²) < 4.78 is 3.71. The van der Waals surface area contributed by atoms with Crippen molar-refractivity contribution in [2.24, 2.45) is 5.92 Å². The van der Waals surface area contributed by atoms with E-state index in [2.05, 4.69) is 14.9 Å². The van der Waals surface area contributed by atoms with Crippen molar-refractivity contribution in [1.29, 1.82) is 0 Å². The van der Waals surface area contributed by atoms with Crippen LogP contribution in [0, 0.1) is 5.92 Å². The highest BCUT2D eigenvalue weighted by Crippen LogP contribution is 2.33. The Balaban J connectivity index is 1.52. The highest BCUT2D eigenvalue weighted by Gasteiger charge is 2.28. The molecule has 2 aromatic heterocycles. The molecule has 3 heterocycles. The molecule has 0 spiro atoms. The van der Waals surface area contributed by atoms with E-state index in [9.17, 15) is 9.90 Å². The Kier molecular flexibility index (Phi) is 4.47. The van der Waals surface area contributed by atoms with Gasteiger partial charge in [-0.2, -0.15) is 0 Å². The normalized spacial score (nSPS) is 17.7. The molecule has 2 amide bonds. The summed E-state index contributed by atoms with van der Waals surface area (Å²) >= 11 is 2.74. The van der Waals surface area contributed by atoms with Gasteiger partial charge in [-0.1, -0.05) is 10.6 Å². The number of likely N-dealkylation sites (tertiary alicyclic amines) is 1.